The van der Waals surface area contributed by atoms with Crippen LogP contribution in [-0.4, -0.2) is 22.2 Å². The van der Waals surface area contributed by atoms with Gasteiger partial charge in [0, 0.05) is 7.92 Å². The number of rotatable bonds is 3. The van der Waals surface area contributed by atoms with E-state index in [1.807, 2.05) is 50.6 Å². The standard InChI is InChI=1S/C16H25NP.C3H7.Ni/c1-15(2,3)18(16(4,5)6)12-14(17)13-10-8-7-9-11-13;1-3-2;/h7-11H,12H2,1-6H3;3H,1-2H3;/q2*-1;+2/p+1. The second kappa shape index (κ2) is 10.6. The van der Waals surface area contributed by atoms with Crippen LogP contribution in [0.1, 0.15) is 61.0 Å². The first-order chi connectivity index (χ1) is 9.54. The molecule has 1 aromatic rings. The molecule has 0 radical (unpaired) electrons. The molecule has 0 spiro atoms. The molecule has 0 heterocycles. The molecular formula is C19H33NNiP+. The minimum Gasteiger partial charge on any atom is -0.804 e. The fraction of sp³-hybridized carbons (Fsp3) is 0.579. The minimum atomic E-state index is -0.709. The molecule has 0 aromatic heterocycles. The van der Waals surface area contributed by atoms with Crippen molar-refractivity contribution in [3.8, 4) is 0 Å². The molecular weight excluding hydrogens is 332 g/mol. The molecule has 0 aliphatic rings. The summed E-state index contributed by atoms with van der Waals surface area (Å²) in [7, 11) is -0.709. The van der Waals surface area contributed by atoms with E-state index < -0.39 is 7.92 Å². The maximum absolute atomic E-state index is 10.4. The van der Waals surface area contributed by atoms with Crippen LogP contribution in [0, 0.1) is 6.42 Å². The number of benzene rings is 1. The predicted molar refractivity (Wildman–Crippen MR) is 102 cm³/mol. The molecule has 0 saturated carbocycles. The summed E-state index contributed by atoms with van der Waals surface area (Å²) in [6, 6.07) is 9.91. The zero-order valence-corrected chi connectivity index (χ0v) is 17.4. The van der Waals surface area contributed by atoms with Gasteiger partial charge < -0.3 is 11.8 Å². The van der Waals surface area contributed by atoms with Crippen LogP contribution in [0.5, 0.6) is 0 Å². The van der Waals surface area contributed by atoms with Crippen LogP contribution in [0.3, 0.4) is 0 Å². The van der Waals surface area contributed by atoms with Crippen molar-refractivity contribution in [3.63, 3.8) is 0 Å². The third kappa shape index (κ3) is 9.07. The first-order valence-corrected chi connectivity index (χ1v) is 9.45. The molecule has 0 N–H and O–H groups in total. The van der Waals surface area contributed by atoms with E-state index in [-0.39, 0.29) is 26.8 Å². The van der Waals surface area contributed by atoms with Gasteiger partial charge in [-0.25, -0.2) is 0 Å². The van der Waals surface area contributed by atoms with Gasteiger partial charge in [-0.05, 0) is 47.1 Å². The van der Waals surface area contributed by atoms with Gasteiger partial charge in [-0.15, -0.1) is 5.71 Å². The molecule has 0 aliphatic heterocycles. The average Bonchev–Trinajstić information content (AvgIpc) is 2.35. The van der Waals surface area contributed by atoms with E-state index in [1.54, 1.807) is 0 Å². The molecule has 1 rings (SSSR count). The van der Waals surface area contributed by atoms with E-state index >= 15 is 0 Å². The van der Waals surface area contributed by atoms with Crippen molar-refractivity contribution in [1.82, 2.24) is 0 Å². The van der Waals surface area contributed by atoms with E-state index in [9.17, 15) is 5.41 Å². The van der Waals surface area contributed by atoms with Crippen LogP contribution >= 0.6 is 7.92 Å². The van der Waals surface area contributed by atoms with Crippen molar-refractivity contribution in [2.45, 2.75) is 65.7 Å². The van der Waals surface area contributed by atoms with Gasteiger partial charge in [0.15, 0.2) is 0 Å². The number of hydrogen-bond acceptors (Lipinski definition) is 0. The topological polar surface area (TPSA) is 22.3 Å². The summed E-state index contributed by atoms with van der Waals surface area (Å²) in [4.78, 5) is 0. The van der Waals surface area contributed by atoms with Crippen molar-refractivity contribution in [2.75, 3.05) is 6.16 Å². The van der Waals surface area contributed by atoms with Crippen LogP contribution in [0.2, 0.25) is 0 Å². The van der Waals surface area contributed by atoms with Crippen LogP contribution in [0.4, 0.5) is 0 Å². The Kier molecular flexibility index (Phi) is 11.6. The molecule has 1 aromatic carbocycles. The summed E-state index contributed by atoms with van der Waals surface area (Å²) >= 11 is 0. The van der Waals surface area contributed by atoms with Gasteiger partial charge in [0.25, 0.3) is 0 Å². The third-order valence-electron chi connectivity index (χ3n) is 3.26. The minimum absolute atomic E-state index is 0. The Labute approximate surface area is 149 Å². The van der Waals surface area contributed by atoms with Crippen LogP contribution < -0.4 is 0 Å². The maximum atomic E-state index is 10.4. The van der Waals surface area contributed by atoms with Gasteiger partial charge in [-0.3, -0.25) is 0 Å². The quantitative estimate of drug-likeness (QED) is 0.268. The molecule has 0 unspecified atom stereocenters. The Bertz CT molecular complexity index is 401. The van der Waals surface area contributed by atoms with Crippen molar-refractivity contribution >= 4 is 13.6 Å². The van der Waals surface area contributed by atoms with Crippen LogP contribution in [0.25, 0.3) is 5.41 Å². The summed E-state index contributed by atoms with van der Waals surface area (Å²) in [5.41, 5.74) is 1.52. The fourth-order valence-electron chi connectivity index (χ4n) is 2.56. The SMILES string of the molecule is CC(C)(C)[PH+](CC(=[N-])c1ccccc1)C(C)(C)C.C[CH-]C.[Ni+2]. The zero-order chi connectivity index (χ0) is 16.7. The average molecular weight is 365 g/mol. The van der Waals surface area contributed by atoms with Gasteiger partial charge in [-0.2, -0.15) is 13.8 Å². The first kappa shape index (κ1) is 24.1. The Hall–Kier alpha value is -0.186. The molecule has 1 nitrogen and oxygen atoms in total. The Morgan fingerprint density at radius 1 is 0.955 bits per heavy atom. The van der Waals surface area contributed by atoms with E-state index in [0.29, 0.717) is 5.71 Å². The van der Waals surface area contributed by atoms with Gasteiger partial charge in [0.1, 0.15) is 0 Å². The molecule has 0 atom stereocenters. The summed E-state index contributed by atoms with van der Waals surface area (Å²) in [6.45, 7) is 17.8. The Morgan fingerprint density at radius 3 is 1.64 bits per heavy atom. The van der Waals surface area contributed by atoms with Crippen molar-refractivity contribution < 1.29 is 16.5 Å². The summed E-state index contributed by atoms with van der Waals surface area (Å²) in [6.07, 6.45) is 2.84. The van der Waals surface area contributed by atoms with E-state index in [1.165, 1.54) is 0 Å². The molecule has 22 heavy (non-hydrogen) atoms. The van der Waals surface area contributed by atoms with E-state index in [4.69, 9.17) is 0 Å². The molecule has 3 heteroatoms. The van der Waals surface area contributed by atoms with Crippen LogP contribution in [0.15, 0.2) is 30.3 Å². The molecule has 0 saturated heterocycles. The summed E-state index contributed by atoms with van der Waals surface area (Å²) in [5.74, 6) is 0. The zero-order valence-electron chi connectivity index (χ0n) is 15.4. The van der Waals surface area contributed by atoms with Crippen molar-refractivity contribution in [2.24, 2.45) is 0 Å². The molecule has 0 bridgehead atoms. The van der Waals surface area contributed by atoms with Gasteiger partial charge in [0.05, 0.1) is 16.5 Å². The normalized spacial score (nSPS) is 11.3. The van der Waals surface area contributed by atoms with Gasteiger partial charge in [0.2, 0.25) is 0 Å². The van der Waals surface area contributed by atoms with Crippen molar-refractivity contribution in [1.29, 1.82) is 0 Å². The number of hydrogen-bond donors (Lipinski definition) is 0. The van der Waals surface area contributed by atoms with E-state index in [0.717, 1.165) is 11.7 Å². The molecule has 0 fully saturated rings. The summed E-state index contributed by atoms with van der Waals surface area (Å²) < 4.78 is 0. The van der Waals surface area contributed by atoms with Gasteiger partial charge in [-0.1, -0.05) is 30.3 Å². The number of nitrogens with zero attached hydrogens (tertiary/aromatic N) is 1. The second-order valence-electron chi connectivity index (χ2n) is 7.55. The smallest absolute Gasteiger partial charge is 0.804 e. The Balaban J connectivity index is 0. The second-order valence-corrected chi connectivity index (χ2v) is 11.9. The van der Waals surface area contributed by atoms with Gasteiger partial charge >= 0.3 is 16.5 Å². The molecule has 0 amide bonds. The predicted octanol–water partition coefficient (Wildman–Crippen LogP) is 6.08. The Morgan fingerprint density at radius 2 is 1.32 bits per heavy atom. The van der Waals surface area contributed by atoms with Crippen LogP contribution in [-0.2, 0) is 16.5 Å². The van der Waals surface area contributed by atoms with E-state index in [2.05, 4.69) is 41.5 Å². The third-order valence-corrected chi connectivity index (χ3v) is 7.57. The van der Waals surface area contributed by atoms with Crippen molar-refractivity contribution in [3.05, 3.63) is 47.7 Å². The maximum Gasteiger partial charge on any atom is 2.00 e. The molecule has 128 valence electrons. The molecule has 0 aliphatic carbocycles. The monoisotopic (exact) mass is 364 g/mol. The largest absolute Gasteiger partial charge is 2.00 e. The first-order valence-electron chi connectivity index (χ1n) is 7.75. The summed E-state index contributed by atoms with van der Waals surface area (Å²) in [5, 5.41) is 10.9. The fourth-order valence-corrected chi connectivity index (χ4v) is 6.41.